The second kappa shape index (κ2) is 12.3. The van der Waals surface area contributed by atoms with E-state index in [2.05, 4.69) is 55.1 Å². The van der Waals surface area contributed by atoms with Crippen LogP contribution in [0.1, 0.15) is 41.4 Å². The minimum atomic E-state index is -0.498. The summed E-state index contributed by atoms with van der Waals surface area (Å²) in [6.45, 7) is 4.42. The molecule has 1 aliphatic carbocycles. The summed E-state index contributed by atoms with van der Waals surface area (Å²) in [7, 11) is 0. The highest BCUT2D eigenvalue weighted by Gasteiger charge is 2.36. The molecule has 274 valence electrons. The van der Waals surface area contributed by atoms with Crippen LogP contribution in [0.3, 0.4) is 0 Å². The van der Waals surface area contributed by atoms with Gasteiger partial charge in [0, 0.05) is 43.7 Å². The summed E-state index contributed by atoms with van der Waals surface area (Å²) in [5.74, 6) is 0. The molecule has 0 bridgehead atoms. The van der Waals surface area contributed by atoms with Crippen molar-refractivity contribution in [1.29, 1.82) is 0 Å². The molecule has 2 heterocycles. The van der Waals surface area contributed by atoms with Crippen molar-refractivity contribution >= 4 is 71.7 Å². The summed E-state index contributed by atoms with van der Waals surface area (Å²) in [6, 6.07) is 32.4. The first-order chi connectivity index (χ1) is 33.5. The second-order valence-electron chi connectivity index (χ2n) is 15.1. The van der Waals surface area contributed by atoms with Gasteiger partial charge < -0.3 is 13.7 Å². The Morgan fingerprint density at radius 1 is 0.466 bits per heavy atom. The van der Waals surface area contributed by atoms with E-state index >= 15 is 0 Å². The SMILES string of the molecule is [2H]c1c([2H])c([2H])c(-c2ccc(N(c3ccc4c(c3)C(C)(C)c3ccccc3-4)c3cccc4c3oc3ccc5cccc(-c6c([2H])c([2H])c([2H])c7oc8c([2H])c([2H])c([2H])c([2H])c8c67)c5c34)cc2)c([2H])c1[2H]. The van der Waals surface area contributed by atoms with Crippen molar-refractivity contribution in [2.24, 2.45) is 0 Å². The molecule has 3 heteroatoms. The van der Waals surface area contributed by atoms with Gasteiger partial charge in [-0.2, -0.15) is 0 Å². The molecule has 12 rings (SSSR count). The lowest BCUT2D eigenvalue weighted by Crippen LogP contribution is -2.16. The van der Waals surface area contributed by atoms with E-state index in [9.17, 15) is 1.37 Å². The Morgan fingerprint density at radius 2 is 1.22 bits per heavy atom. The van der Waals surface area contributed by atoms with E-state index in [0.29, 0.717) is 49.8 Å². The van der Waals surface area contributed by atoms with Crippen LogP contribution < -0.4 is 4.90 Å². The van der Waals surface area contributed by atoms with Gasteiger partial charge in [-0.1, -0.05) is 153 Å². The van der Waals surface area contributed by atoms with E-state index in [1.165, 1.54) is 5.56 Å². The van der Waals surface area contributed by atoms with E-state index in [1.54, 1.807) is 18.2 Å². The molecule has 0 amide bonds. The third-order valence-corrected chi connectivity index (χ3v) is 11.7. The minimum Gasteiger partial charge on any atom is -0.456 e. The second-order valence-corrected chi connectivity index (χ2v) is 15.1. The fourth-order valence-electron chi connectivity index (χ4n) is 9.03. The highest BCUT2D eigenvalue weighted by molar-refractivity contribution is 6.26. The molecule has 9 aromatic carbocycles. The van der Waals surface area contributed by atoms with Crippen LogP contribution in [0.5, 0.6) is 0 Å². The van der Waals surface area contributed by atoms with Crippen molar-refractivity contribution in [2.45, 2.75) is 19.3 Å². The lowest BCUT2D eigenvalue weighted by atomic mass is 9.82. The van der Waals surface area contributed by atoms with Crippen LogP contribution in [-0.4, -0.2) is 0 Å². The van der Waals surface area contributed by atoms with Gasteiger partial charge in [0.15, 0.2) is 5.58 Å². The fourth-order valence-corrected chi connectivity index (χ4v) is 9.03. The van der Waals surface area contributed by atoms with Gasteiger partial charge in [0.25, 0.3) is 0 Å². The van der Waals surface area contributed by atoms with Crippen molar-refractivity contribution < 1.29 is 25.3 Å². The molecule has 2 aromatic heterocycles. The van der Waals surface area contributed by atoms with Crippen LogP contribution in [0.2, 0.25) is 0 Å². The largest absolute Gasteiger partial charge is 0.456 e. The van der Waals surface area contributed by atoms with E-state index in [4.69, 9.17) is 23.9 Å². The van der Waals surface area contributed by atoms with Crippen molar-refractivity contribution in [3.63, 3.8) is 0 Å². The Balaban J connectivity index is 1.13. The first-order valence-electron chi connectivity index (χ1n) is 25.0. The smallest absolute Gasteiger partial charge is 0.159 e. The van der Waals surface area contributed by atoms with Gasteiger partial charge in [-0.25, -0.2) is 0 Å². The maximum atomic E-state index is 9.41. The average Bonchev–Trinajstić information content (AvgIpc) is 4.03. The Kier molecular flexibility index (Phi) is 4.89. The third kappa shape index (κ3) is 4.74. The zero-order valence-corrected chi connectivity index (χ0v) is 31.2. The zero-order valence-electron chi connectivity index (χ0n) is 43.2. The molecular formula is C55H37NO2. The van der Waals surface area contributed by atoms with Crippen LogP contribution >= 0.6 is 0 Å². The molecule has 1 aliphatic rings. The zero-order chi connectivity index (χ0) is 49.0. The molecule has 3 nitrogen and oxygen atoms in total. The number of hydrogen-bond donors (Lipinski definition) is 0. The molecule has 0 saturated carbocycles. The monoisotopic (exact) mass is 755 g/mol. The van der Waals surface area contributed by atoms with Crippen molar-refractivity contribution in [1.82, 2.24) is 0 Å². The normalized spacial score (nSPS) is 16.0. The molecule has 0 aliphatic heterocycles. The van der Waals surface area contributed by atoms with E-state index in [1.807, 2.05) is 60.7 Å². The van der Waals surface area contributed by atoms with Crippen molar-refractivity contribution in [3.05, 3.63) is 199 Å². The number of fused-ring (bicyclic) bond motifs is 11. The van der Waals surface area contributed by atoms with Crippen molar-refractivity contribution in [3.8, 4) is 33.4 Å². The lowest BCUT2D eigenvalue weighted by Gasteiger charge is -2.28. The van der Waals surface area contributed by atoms with E-state index in [0.717, 1.165) is 27.8 Å². The van der Waals surface area contributed by atoms with E-state index in [-0.39, 0.29) is 62.7 Å². The number of anilines is 3. The van der Waals surface area contributed by atoms with Crippen LogP contribution in [0.4, 0.5) is 17.1 Å². The van der Waals surface area contributed by atoms with Gasteiger partial charge in [-0.15, -0.1) is 0 Å². The topological polar surface area (TPSA) is 29.5 Å². The number of furan rings is 2. The van der Waals surface area contributed by atoms with Gasteiger partial charge in [0.2, 0.25) is 0 Å². The molecule has 0 spiro atoms. The van der Waals surface area contributed by atoms with Crippen LogP contribution in [0.25, 0.3) is 88.0 Å². The third-order valence-electron chi connectivity index (χ3n) is 11.7. The Labute approximate surface area is 352 Å². The maximum Gasteiger partial charge on any atom is 0.159 e. The van der Waals surface area contributed by atoms with Gasteiger partial charge in [-0.3, -0.25) is 0 Å². The first-order valence-corrected chi connectivity index (χ1v) is 19.0. The predicted molar refractivity (Wildman–Crippen MR) is 242 cm³/mol. The number of nitrogens with zero attached hydrogens (tertiary/aromatic N) is 1. The molecule has 11 aromatic rings. The van der Waals surface area contributed by atoms with Crippen molar-refractivity contribution in [2.75, 3.05) is 4.90 Å². The van der Waals surface area contributed by atoms with Gasteiger partial charge >= 0.3 is 0 Å². The number of para-hydroxylation sites is 2. The molecule has 0 N–H and O–H groups in total. The summed E-state index contributed by atoms with van der Waals surface area (Å²) in [5, 5.41) is 2.99. The molecule has 0 unspecified atom stereocenters. The predicted octanol–water partition coefficient (Wildman–Crippen LogP) is 15.7. The molecular weight excluding hydrogens is 707 g/mol. The molecule has 0 atom stereocenters. The quantitative estimate of drug-likeness (QED) is 0.175. The number of rotatable bonds is 5. The first kappa shape index (κ1) is 23.0. The minimum absolute atomic E-state index is 0.0235. The summed E-state index contributed by atoms with van der Waals surface area (Å²) in [4.78, 5) is 2.08. The maximum absolute atomic E-state index is 9.41. The lowest BCUT2D eigenvalue weighted by molar-refractivity contribution is 0.660. The molecule has 58 heavy (non-hydrogen) atoms. The summed E-state index contributed by atoms with van der Waals surface area (Å²) < 4.78 is 117. The van der Waals surface area contributed by atoms with E-state index < -0.39 is 48.3 Å². The molecule has 0 radical (unpaired) electrons. The summed E-state index contributed by atoms with van der Waals surface area (Å²) >= 11 is 0. The highest BCUT2D eigenvalue weighted by Crippen LogP contribution is 2.52. The number of hydrogen-bond acceptors (Lipinski definition) is 3. The number of benzene rings is 9. The summed E-state index contributed by atoms with van der Waals surface area (Å²) in [6.07, 6.45) is 0. The van der Waals surface area contributed by atoms with Gasteiger partial charge in [-0.05, 0) is 98.4 Å². The Hall–Kier alpha value is -7.36. The van der Waals surface area contributed by atoms with Gasteiger partial charge in [0.05, 0.1) is 22.1 Å². The fraction of sp³-hybridized carbons (Fsp3) is 0.0545. The summed E-state index contributed by atoms with van der Waals surface area (Å²) in [5.41, 5.74) is 8.41. The molecule has 0 fully saturated rings. The van der Waals surface area contributed by atoms with Gasteiger partial charge in [0.1, 0.15) is 16.7 Å². The Bertz CT molecular complexity index is 4110. The standard InChI is InChI=1S/C55H37NO2/c1-55(2)45-21-8-6-16-39(45)40-31-30-38(33-46(40)55)56(37-28-25-35(26-29-37)34-13-4-3-5-14-34)47-22-11-20-44-53-50(58-54(44)47)32-27-36-15-10-18-41(51(36)53)42-19-12-24-49-52(42)43-17-7-9-23-48(43)57-49/h3-33H,1-2H3/i3D,4D,5D,7D,9D,12D,13D,14D,17D,19D,23D,24D. The Morgan fingerprint density at radius 3 is 2.12 bits per heavy atom. The highest BCUT2D eigenvalue weighted by atomic mass is 16.3. The van der Waals surface area contributed by atoms with Crippen LogP contribution in [0, 0.1) is 0 Å². The molecule has 0 saturated heterocycles. The average molecular weight is 756 g/mol. The van der Waals surface area contributed by atoms with Crippen LogP contribution in [0.15, 0.2) is 197 Å². The van der Waals surface area contributed by atoms with Crippen LogP contribution in [-0.2, 0) is 5.41 Å².